The Morgan fingerprint density at radius 1 is 1.18 bits per heavy atom. The molecule has 8 nitrogen and oxygen atoms in total. The normalized spacial score (nSPS) is 32.0. The number of hydrogen-bond acceptors (Lipinski definition) is 5. The van der Waals surface area contributed by atoms with E-state index >= 15 is 0 Å². The SMILES string of the molecule is CNS(=O)(=O)NC1C2CCCC2N(C(=O)OC)C1COC1CCC(c2cccc(F)c2)CC1. The predicted molar refractivity (Wildman–Crippen MR) is 121 cm³/mol. The maximum atomic E-state index is 13.6. The Morgan fingerprint density at radius 3 is 2.61 bits per heavy atom. The molecule has 1 amide bonds. The largest absolute Gasteiger partial charge is 0.453 e. The number of halogens is 1. The summed E-state index contributed by atoms with van der Waals surface area (Å²) < 4.78 is 54.6. The van der Waals surface area contributed by atoms with E-state index in [1.54, 1.807) is 17.0 Å². The first-order valence-corrected chi connectivity index (χ1v) is 13.3. The Morgan fingerprint density at radius 2 is 1.94 bits per heavy atom. The smallest absolute Gasteiger partial charge is 0.410 e. The third-order valence-electron chi connectivity index (χ3n) is 7.56. The molecule has 2 saturated carbocycles. The molecule has 33 heavy (non-hydrogen) atoms. The van der Waals surface area contributed by atoms with E-state index < -0.39 is 28.4 Å². The average molecular weight is 484 g/mol. The Bertz CT molecular complexity index is 938. The molecule has 4 rings (SSSR count). The number of methoxy groups -OCH3 is 1. The summed E-state index contributed by atoms with van der Waals surface area (Å²) in [6.07, 6.45) is 5.69. The number of amides is 1. The number of nitrogens with one attached hydrogen (secondary N) is 2. The topological polar surface area (TPSA) is 97.0 Å². The van der Waals surface area contributed by atoms with Crippen LogP contribution in [0.15, 0.2) is 24.3 Å². The first-order valence-electron chi connectivity index (χ1n) is 11.8. The molecule has 184 valence electrons. The van der Waals surface area contributed by atoms with Gasteiger partial charge < -0.3 is 9.47 Å². The number of rotatable bonds is 7. The zero-order chi connectivity index (χ0) is 23.6. The molecule has 1 saturated heterocycles. The van der Waals surface area contributed by atoms with Crippen LogP contribution in [0.5, 0.6) is 0 Å². The maximum absolute atomic E-state index is 13.6. The van der Waals surface area contributed by atoms with E-state index in [-0.39, 0.29) is 30.5 Å². The van der Waals surface area contributed by atoms with Gasteiger partial charge in [0.1, 0.15) is 5.82 Å². The second-order valence-corrected chi connectivity index (χ2v) is 11.0. The number of ether oxygens (including phenoxy) is 2. The zero-order valence-corrected chi connectivity index (χ0v) is 20.0. The van der Waals surface area contributed by atoms with Crippen molar-refractivity contribution in [3.63, 3.8) is 0 Å². The molecule has 0 radical (unpaired) electrons. The van der Waals surface area contributed by atoms with Crippen molar-refractivity contribution < 1.29 is 27.1 Å². The molecule has 0 spiro atoms. The monoisotopic (exact) mass is 483 g/mol. The van der Waals surface area contributed by atoms with Crippen LogP contribution in [-0.4, -0.2) is 64.4 Å². The van der Waals surface area contributed by atoms with Crippen LogP contribution in [-0.2, 0) is 19.7 Å². The van der Waals surface area contributed by atoms with Gasteiger partial charge in [-0.25, -0.2) is 13.9 Å². The van der Waals surface area contributed by atoms with Gasteiger partial charge in [0.2, 0.25) is 0 Å². The van der Waals surface area contributed by atoms with Gasteiger partial charge in [0.05, 0.1) is 31.9 Å². The standard InChI is InChI=1S/C23H34FN3O5S/c1-25-33(29,30)26-22-19-7-4-8-20(19)27(23(28)31-2)21(22)14-32-18-11-9-15(10-12-18)16-5-3-6-17(24)13-16/h3,5-6,13,15,18-22,25-26H,4,7-12,14H2,1-2H3. The van der Waals surface area contributed by atoms with Gasteiger partial charge in [-0.2, -0.15) is 13.1 Å². The van der Waals surface area contributed by atoms with Gasteiger partial charge in [-0.15, -0.1) is 0 Å². The lowest BCUT2D eigenvalue weighted by Gasteiger charge is -2.33. The molecule has 1 heterocycles. The highest BCUT2D eigenvalue weighted by Gasteiger charge is 2.54. The van der Waals surface area contributed by atoms with E-state index in [9.17, 15) is 17.6 Å². The van der Waals surface area contributed by atoms with Gasteiger partial charge in [-0.1, -0.05) is 18.6 Å². The minimum absolute atomic E-state index is 0.0244. The highest BCUT2D eigenvalue weighted by Crippen LogP contribution is 2.42. The van der Waals surface area contributed by atoms with Gasteiger partial charge in [0.15, 0.2) is 0 Å². The van der Waals surface area contributed by atoms with Gasteiger partial charge in [-0.05, 0) is 68.1 Å². The molecule has 3 aliphatic rings. The maximum Gasteiger partial charge on any atom is 0.410 e. The van der Waals surface area contributed by atoms with Crippen molar-refractivity contribution in [2.45, 2.75) is 75.1 Å². The highest BCUT2D eigenvalue weighted by atomic mass is 32.2. The van der Waals surface area contributed by atoms with Crippen molar-refractivity contribution in [3.05, 3.63) is 35.6 Å². The van der Waals surface area contributed by atoms with E-state index in [2.05, 4.69) is 9.44 Å². The van der Waals surface area contributed by atoms with E-state index in [0.29, 0.717) is 5.92 Å². The van der Waals surface area contributed by atoms with Crippen molar-refractivity contribution in [1.82, 2.24) is 14.3 Å². The molecular formula is C23H34FN3O5S. The van der Waals surface area contributed by atoms with Crippen LogP contribution in [0.25, 0.3) is 0 Å². The van der Waals surface area contributed by atoms with Crippen LogP contribution in [0, 0.1) is 11.7 Å². The number of fused-ring (bicyclic) bond motifs is 1. The van der Waals surface area contributed by atoms with Crippen molar-refractivity contribution >= 4 is 16.3 Å². The number of carbonyl (C=O) groups excluding carboxylic acids is 1. The van der Waals surface area contributed by atoms with Crippen molar-refractivity contribution in [2.24, 2.45) is 5.92 Å². The van der Waals surface area contributed by atoms with E-state index in [1.807, 2.05) is 6.07 Å². The molecule has 1 aromatic carbocycles. The molecule has 0 bridgehead atoms. The summed E-state index contributed by atoms with van der Waals surface area (Å²) in [5.41, 5.74) is 1.02. The summed E-state index contributed by atoms with van der Waals surface area (Å²) in [7, 11) is -0.965. The fraction of sp³-hybridized carbons (Fsp3) is 0.696. The van der Waals surface area contributed by atoms with Gasteiger partial charge in [-0.3, -0.25) is 4.90 Å². The van der Waals surface area contributed by atoms with Crippen molar-refractivity contribution in [1.29, 1.82) is 0 Å². The summed E-state index contributed by atoms with van der Waals surface area (Å²) in [6, 6.07) is 5.86. The molecule has 10 heteroatoms. The molecule has 2 N–H and O–H groups in total. The van der Waals surface area contributed by atoms with Gasteiger partial charge in [0, 0.05) is 13.1 Å². The van der Waals surface area contributed by atoms with E-state index in [0.717, 1.165) is 50.5 Å². The van der Waals surface area contributed by atoms with Crippen LogP contribution in [0.4, 0.5) is 9.18 Å². The number of likely N-dealkylation sites (tertiary alicyclic amines) is 1. The fourth-order valence-corrected chi connectivity index (χ4v) is 6.77. The number of carbonyl (C=O) groups is 1. The van der Waals surface area contributed by atoms with Gasteiger partial charge >= 0.3 is 6.09 Å². The lowest BCUT2D eigenvalue weighted by atomic mass is 9.82. The fourth-order valence-electron chi connectivity index (χ4n) is 5.96. The van der Waals surface area contributed by atoms with E-state index in [4.69, 9.17) is 9.47 Å². The number of hydrogen-bond donors (Lipinski definition) is 2. The summed E-state index contributed by atoms with van der Waals surface area (Å²) in [5.74, 6) is 0.133. The minimum atomic E-state index is -3.68. The van der Waals surface area contributed by atoms with Crippen LogP contribution in [0.3, 0.4) is 0 Å². The zero-order valence-electron chi connectivity index (χ0n) is 19.2. The quantitative estimate of drug-likeness (QED) is 0.622. The lowest BCUT2D eigenvalue weighted by Crippen LogP contribution is -2.53. The summed E-state index contributed by atoms with van der Waals surface area (Å²) in [6.45, 7) is 0.244. The predicted octanol–water partition coefficient (Wildman–Crippen LogP) is 2.91. The molecule has 3 fully saturated rings. The Hall–Kier alpha value is -1.75. The lowest BCUT2D eigenvalue weighted by molar-refractivity contribution is -0.00978. The Labute approximate surface area is 195 Å². The summed E-state index contributed by atoms with van der Waals surface area (Å²) in [5, 5.41) is 0. The molecule has 2 aliphatic carbocycles. The molecule has 1 aromatic rings. The molecule has 0 aromatic heterocycles. The highest BCUT2D eigenvalue weighted by molar-refractivity contribution is 7.87. The first-order chi connectivity index (χ1) is 15.8. The van der Waals surface area contributed by atoms with Crippen LogP contribution < -0.4 is 9.44 Å². The minimum Gasteiger partial charge on any atom is -0.453 e. The second kappa shape index (κ2) is 10.2. The van der Waals surface area contributed by atoms with Crippen molar-refractivity contribution in [2.75, 3.05) is 20.8 Å². The van der Waals surface area contributed by atoms with Crippen molar-refractivity contribution in [3.8, 4) is 0 Å². The van der Waals surface area contributed by atoms with Crippen LogP contribution in [0.2, 0.25) is 0 Å². The summed E-state index contributed by atoms with van der Waals surface area (Å²) in [4.78, 5) is 14.3. The summed E-state index contributed by atoms with van der Waals surface area (Å²) >= 11 is 0. The van der Waals surface area contributed by atoms with Crippen LogP contribution in [0.1, 0.15) is 56.4 Å². The molecule has 4 atom stereocenters. The third kappa shape index (κ3) is 5.34. The number of benzene rings is 1. The Kier molecular flexibility index (Phi) is 7.57. The Balaban J connectivity index is 1.42. The number of nitrogens with zero attached hydrogens (tertiary/aromatic N) is 1. The van der Waals surface area contributed by atoms with Crippen LogP contribution >= 0.6 is 0 Å². The molecule has 1 aliphatic heterocycles. The molecular weight excluding hydrogens is 449 g/mol. The third-order valence-corrected chi connectivity index (χ3v) is 8.68. The first kappa shape index (κ1) is 24.4. The molecule has 4 unspecified atom stereocenters. The van der Waals surface area contributed by atoms with Gasteiger partial charge in [0.25, 0.3) is 10.2 Å². The van der Waals surface area contributed by atoms with E-state index in [1.165, 1.54) is 20.2 Å². The second-order valence-electron chi connectivity index (χ2n) is 9.32. The average Bonchev–Trinajstić information content (AvgIpc) is 3.39.